The van der Waals surface area contributed by atoms with Gasteiger partial charge in [-0.05, 0) is 31.9 Å². The van der Waals surface area contributed by atoms with Crippen molar-refractivity contribution in [2.75, 3.05) is 14.2 Å². The molecule has 42 heavy (non-hydrogen) atoms. The lowest BCUT2D eigenvalue weighted by Gasteiger charge is -2.41. The van der Waals surface area contributed by atoms with Gasteiger partial charge in [0.05, 0.1) is 18.0 Å². The number of fused-ring (bicyclic) bond motifs is 4. The number of rotatable bonds is 3. The molecule has 0 aromatic carbocycles. The van der Waals surface area contributed by atoms with Crippen LogP contribution in [0.1, 0.15) is 53.9 Å². The molecule has 1 aliphatic carbocycles. The fourth-order valence-corrected chi connectivity index (χ4v) is 4.99. The summed E-state index contributed by atoms with van der Waals surface area (Å²) in [7, 11) is 2.80. The Kier molecular flexibility index (Phi) is 10.5. The van der Waals surface area contributed by atoms with Crippen LogP contribution in [0.25, 0.3) is 0 Å². The molecule has 0 saturated carbocycles. The molecular weight excluding hydrogens is 544 g/mol. The minimum Gasteiger partial charge on any atom is -0.457 e. The number of aliphatic hydroxyl groups is 1. The maximum absolute atomic E-state index is 13.4. The number of likely N-dealkylation sites (N-methyl/N-ethyl adjacent to an activating group) is 1. The average molecular weight is 585 g/mol. The molecule has 2 aliphatic heterocycles. The Hall–Kier alpha value is -3.83. The Morgan fingerprint density at radius 3 is 2.52 bits per heavy atom. The van der Waals surface area contributed by atoms with Gasteiger partial charge in [0.2, 0.25) is 11.7 Å². The highest BCUT2D eigenvalue weighted by Gasteiger charge is 2.46. The number of carbonyl (C=O) groups is 5. The quantitative estimate of drug-likeness (QED) is 0.290. The number of ether oxygens (including phenoxy) is 3. The van der Waals surface area contributed by atoms with Crippen LogP contribution >= 0.6 is 0 Å². The molecule has 3 aliphatic rings. The number of nitrogens with zero attached hydrogens (tertiary/aromatic N) is 1. The number of esters is 1. The van der Waals surface area contributed by atoms with Crippen LogP contribution in [-0.2, 0) is 33.4 Å². The monoisotopic (exact) mass is 584 g/mol. The Balaban J connectivity index is 2.10. The lowest BCUT2D eigenvalue weighted by Crippen LogP contribution is -2.63. The normalized spacial score (nSPS) is 32.9. The predicted molar refractivity (Wildman–Crippen MR) is 152 cm³/mol. The van der Waals surface area contributed by atoms with Crippen molar-refractivity contribution >= 4 is 29.5 Å². The van der Waals surface area contributed by atoms with Crippen LogP contribution in [0.5, 0.6) is 0 Å². The van der Waals surface area contributed by atoms with Crippen molar-refractivity contribution in [1.82, 2.24) is 10.2 Å². The summed E-state index contributed by atoms with van der Waals surface area (Å²) in [4.78, 5) is 65.5. The first kappa shape index (κ1) is 32.7. The van der Waals surface area contributed by atoms with Gasteiger partial charge < -0.3 is 24.2 Å². The van der Waals surface area contributed by atoms with E-state index in [0.717, 1.165) is 16.5 Å². The summed E-state index contributed by atoms with van der Waals surface area (Å²) in [6.45, 7) is 8.56. The number of ketones is 2. The van der Waals surface area contributed by atoms with Gasteiger partial charge in [0.25, 0.3) is 0 Å². The van der Waals surface area contributed by atoms with E-state index in [4.69, 9.17) is 14.2 Å². The zero-order valence-corrected chi connectivity index (χ0v) is 25.1. The molecule has 0 aromatic rings. The number of nitrogens with one attached hydrogen (secondary N) is 1. The van der Waals surface area contributed by atoms with E-state index in [-0.39, 0.29) is 30.5 Å². The van der Waals surface area contributed by atoms with Crippen LogP contribution in [0, 0.1) is 11.8 Å². The van der Waals surface area contributed by atoms with Crippen LogP contribution in [0.15, 0.2) is 58.9 Å². The minimum atomic E-state index is -1.80. The molecule has 228 valence electrons. The van der Waals surface area contributed by atoms with E-state index in [2.05, 4.69) is 5.32 Å². The van der Waals surface area contributed by atoms with Gasteiger partial charge in [-0.2, -0.15) is 0 Å². The zero-order valence-electron chi connectivity index (χ0n) is 25.1. The van der Waals surface area contributed by atoms with E-state index in [9.17, 15) is 29.1 Å². The van der Waals surface area contributed by atoms with Crippen molar-refractivity contribution in [2.24, 2.45) is 11.8 Å². The second kappa shape index (κ2) is 13.4. The summed E-state index contributed by atoms with van der Waals surface area (Å²) in [5, 5.41) is 13.9. The molecule has 2 heterocycles. The fraction of sp³-hybridized carbons (Fsp3) is 0.516. The maximum Gasteiger partial charge on any atom is 0.409 e. The van der Waals surface area contributed by atoms with Gasteiger partial charge in [0, 0.05) is 38.1 Å². The molecule has 5 atom stereocenters. The molecule has 1 fully saturated rings. The van der Waals surface area contributed by atoms with Crippen LogP contribution in [0.3, 0.4) is 0 Å². The highest BCUT2D eigenvalue weighted by molar-refractivity contribution is 6.21. The van der Waals surface area contributed by atoms with Crippen LogP contribution in [0.2, 0.25) is 0 Å². The molecular formula is C31H40N2O9. The third-order valence-corrected chi connectivity index (χ3v) is 7.52. The lowest BCUT2D eigenvalue weighted by atomic mass is 9.89. The molecule has 4 bridgehead atoms. The van der Waals surface area contributed by atoms with Gasteiger partial charge >= 0.3 is 12.1 Å². The SMILES string of the molecule is COC1/C=C/C=C(\C)CC2=CC(=O)C=C(C2=O)N(C)C(=O)CC(OC(=O)C(C)C)/C(C)=C/C(C)C2CC1(O)NC(=O)O2. The Labute approximate surface area is 245 Å². The molecule has 5 unspecified atom stereocenters. The van der Waals surface area contributed by atoms with E-state index in [1.807, 2.05) is 0 Å². The number of hydrogen-bond acceptors (Lipinski definition) is 9. The molecule has 0 spiro atoms. The number of alkyl carbamates (subject to hydrolysis) is 1. The highest BCUT2D eigenvalue weighted by atomic mass is 16.6. The fourth-order valence-electron chi connectivity index (χ4n) is 4.99. The van der Waals surface area contributed by atoms with Crippen LogP contribution in [0.4, 0.5) is 4.79 Å². The first-order chi connectivity index (χ1) is 19.6. The Morgan fingerprint density at radius 2 is 1.88 bits per heavy atom. The third-order valence-electron chi connectivity index (χ3n) is 7.52. The summed E-state index contributed by atoms with van der Waals surface area (Å²) in [5.74, 6) is -2.88. The molecule has 1 saturated heterocycles. The van der Waals surface area contributed by atoms with Crippen molar-refractivity contribution in [3.63, 3.8) is 0 Å². The summed E-state index contributed by atoms with van der Waals surface area (Å²) in [5.41, 5.74) is -0.427. The van der Waals surface area contributed by atoms with Gasteiger partial charge in [-0.3, -0.25) is 24.5 Å². The first-order valence-electron chi connectivity index (χ1n) is 13.9. The van der Waals surface area contributed by atoms with Gasteiger partial charge in [0.1, 0.15) is 18.3 Å². The number of Topliss-reactive ketones (excluding diaryl/α,β-unsaturated/α-hetero) is 1. The van der Waals surface area contributed by atoms with Crippen LogP contribution in [-0.4, -0.2) is 77.7 Å². The number of allylic oxidation sites excluding steroid dienone is 6. The molecule has 3 rings (SSSR count). The average Bonchev–Trinajstić information content (AvgIpc) is 2.90. The Morgan fingerprint density at radius 1 is 1.19 bits per heavy atom. The van der Waals surface area contributed by atoms with Gasteiger partial charge in [-0.25, -0.2) is 4.79 Å². The minimum absolute atomic E-state index is 0.0228. The smallest absolute Gasteiger partial charge is 0.409 e. The van der Waals surface area contributed by atoms with Crippen molar-refractivity contribution in [3.8, 4) is 0 Å². The van der Waals surface area contributed by atoms with Gasteiger partial charge in [-0.1, -0.05) is 50.6 Å². The van der Waals surface area contributed by atoms with Crippen molar-refractivity contribution in [3.05, 3.63) is 58.9 Å². The second-order valence-electron chi connectivity index (χ2n) is 11.4. The lowest BCUT2D eigenvalue weighted by molar-refractivity contribution is -0.152. The van der Waals surface area contributed by atoms with E-state index in [1.165, 1.54) is 20.2 Å². The van der Waals surface area contributed by atoms with Crippen molar-refractivity contribution in [2.45, 2.75) is 77.9 Å². The maximum atomic E-state index is 13.4. The van der Waals surface area contributed by atoms with E-state index in [1.54, 1.807) is 58.9 Å². The number of carbonyl (C=O) groups excluding carboxylic acids is 5. The number of hydrogen-bond donors (Lipinski definition) is 2. The number of methoxy groups -OCH3 is 1. The topological polar surface area (TPSA) is 149 Å². The molecule has 11 nitrogen and oxygen atoms in total. The largest absolute Gasteiger partial charge is 0.457 e. The second-order valence-corrected chi connectivity index (χ2v) is 11.4. The van der Waals surface area contributed by atoms with E-state index < -0.39 is 65.4 Å². The summed E-state index contributed by atoms with van der Waals surface area (Å²) in [6.07, 6.45) is 5.27. The predicted octanol–water partition coefficient (Wildman–Crippen LogP) is 3.06. The summed E-state index contributed by atoms with van der Waals surface area (Å²) in [6, 6.07) is 0. The van der Waals surface area contributed by atoms with E-state index >= 15 is 0 Å². The van der Waals surface area contributed by atoms with Gasteiger partial charge in [0.15, 0.2) is 11.5 Å². The molecule has 2 amide bonds. The molecule has 11 heteroatoms. The number of amides is 2. The molecule has 2 N–H and O–H groups in total. The van der Waals surface area contributed by atoms with E-state index in [0.29, 0.717) is 5.57 Å². The zero-order chi connectivity index (χ0) is 31.4. The molecule has 0 radical (unpaired) electrons. The van der Waals surface area contributed by atoms with Crippen LogP contribution < -0.4 is 5.32 Å². The van der Waals surface area contributed by atoms with Gasteiger partial charge in [-0.15, -0.1) is 0 Å². The molecule has 0 aromatic heterocycles. The summed E-state index contributed by atoms with van der Waals surface area (Å²) >= 11 is 0. The standard InChI is InChI=1S/C31H40N2O9/c1-17(2)29(37)41-24-15-27(35)33(6)23-14-22(34)13-21(28(23)36)11-18(3)9-8-10-26(40-7)31(39)16-25(42-30(38)32-31)20(5)12-19(24)4/h8-10,12-14,17,20,24-26,39H,11,15-16H2,1-7H3,(H,32,38)/b10-8+,18-9+,19-12+. The van der Waals surface area contributed by atoms with Crippen molar-refractivity contribution < 1.29 is 43.3 Å². The third kappa shape index (κ3) is 7.71. The highest BCUT2D eigenvalue weighted by Crippen LogP contribution is 2.30. The van der Waals surface area contributed by atoms with Crippen molar-refractivity contribution in [1.29, 1.82) is 0 Å². The Bertz CT molecular complexity index is 1290. The summed E-state index contributed by atoms with van der Waals surface area (Å²) < 4.78 is 16.7. The first-order valence-corrected chi connectivity index (χ1v) is 13.9.